The molecule has 0 bridgehead atoms. The highest BCUT2D eigenvalue weighted by Crippen LogP contribution is 2.28. The maximum atomic E-state index is 11.1. The van der Waals surface area contributed by atoms with Gasteiger partial charge in [-0.1, -0.05) is 6.42 Å². The smallest absolute Gasteiger partial charge is 0.308 e. The molecule has 1 heterocycles. The predicted molar refractivity (Wildman–Crippen MR) is 65.7 cm³/mol. The molecule has 0 aliphatic heterocycles. The lowest BCUT2D eigenvalue weighted by atomic mass is 10.0. The summed E-state index contributed by atoms with van der Waals surface area (Å²) < 4.78 is 5.07. The van der Waals surface area contributed by atoms with Crippen molar-refractivity contribution >= 4 is 11.8 Å². The van der Waals surface area contributed by atoms with E-state index in [0.29, 0.717) is 23.9 Å². The fraction of sp³-hybridized carbons (Fsp3) is 0.583. The highest BCUT2D eigenvalue weighted by atomic mass is 16.5. The van der Waals surface area contributed by atoms with E-state index < -0.39 is 5.97 Å². The summed E-state index contributed by atoms with van der Waals surface area (Å²) in [6.45, 7) is 1.77. The van der Waals surface area contributed by atoms with Crippen LogP contribution in [0.15, 0.2) is 6.07 Å². The lowest BCUT2D eigenvalue weighted by Crippen LogP contribution is -2.30. The number of hydrogen-bond acceptors (Lipinski definition) is 5. The van der Waals surface area contributed by atoms with Crippen LogP contribution in [-0.2, 0) is 4.79 Å². The Morgan fingerprint density at radius 3 is 2.94 bits per heavy atom. The van der Waals surface area contributed by atoms with Crippen molar-refractivity contribution < 1.29 is 14.6 Å². The molecule has 1 aromatic rings. The molecular weight excluding hydrogens is 234 g/mol. The molecule has 2 rings (SSSR count). The first-order valence-corrected chi connectivity index (χ1v) is 5.99. The Morgan fingerprint density at radius 1 is 1.50 bits per heavy atom. The van der Waals surface area contributed by atoms with E-state index in [1.54, 1.807) is 20.1 Å². The number of carboxylic acids is 1. The van der Waals surface area contributed by atoms with Gasteiger partial charge in [0.1, 0.15) is 11.6 Å². The summed E-state index contributed by atoms with van der Waals surface area (Å²) in [4.78, 5) is 19.4. The first-order valence-electron chi connectivity index (χ1n) is 5.99. The molecule has 18 heavy (non-hydrogen) atoms. The molecule has 6 heteroatoms. The summed E-state index contributed by atoms with van der Waals surface area (Å²) >= 11 is 0. The van der Waals surface area contributed by atoms with E-state index in [1.807, 2.05) is 0 Å². The molecule has 1 fully saturated rings. The standard InChI is InChI=1S/C12H17N3O3/c1-7-13-10(6-11(14-7)18-2)15-9-5-3-4-8(9)12(16)17/h6,8-9H,3-5H2,1-2H3,(H,16,17)(H,13,14,15). The SMILES string of the molecule is COc1cc(NC2CCCC2C(=O)O)nc(C)n1. The summed E-state index contributed by atoms with van der Waals surface area (Å²) in [7, 11) is 1.54. The van der Waals surface area contributed by atoms with Crippen LogP contribution in [0.4, 0.5) is 5.82 Å². The van der Waals surface area contributed by atoms with E-state index in [9.17, 15) is 4.79 Å². The van der Waals surface area contributed by atoms with Crippen LogP contribution in [0.5, 0.6) is 5.88 Å². The lowest BCUT2D eigenvalue weighted by molar-refractivity contribution is -0.141. The van der Waals surface area contributed by atoms with Crippen molar-refractivity contribution in [3.8, 4) is 5.88 Å². The van der Waals surface area contributed by atoms with E-state index in [-0.39, 0.29) is 12.0 Å². The number of ether oxygens (including phenoxy) is 1. The molecule has 0 amide bonds. The van der Waals surface area contributed by atoms with Crippen molar-refractivity contribution in [3.63, 3.8) is 0 Å². The van der Waals surface area contributed by atoms with Gasteiger partial charge in [0.15, 0.2) is 0 Å². The Kier molecular flexibility index (Phi) is 3.64. The van der Waals surface area contributed by atoms with Crippen LogP contribution in [0.3, 0.4) is 0 Å². The monoisotopic (exact) mass is 251 g/mol. The van der Waals surface area contributed by atoms with Crippen molar-refractivity contribution in [3.05, 3.63) is 11.9 Å². The van der Waals surface area contributed by atoms with Gasteiger partial charge in [-0.3, -0.25) is 4.79 Å². The molecule has 0 aromatic carbocycles. The topological polar surface area (TPSA) is 84.3 Å². The van der Waals surface area contributed by atoms with Gasteiger partial charge in [-0.15, -0.1) is 0 Å². The average Bonchev–Trinajstić information content (AvgIpc) is 2.76. The zero-order valence-electron chi connectivity index (χ0n) is 10.5. The van der Waals surface area contributed by atoms with Crippen molar-refractivity contribution in [1.29, 1.82) is 0 Å². The lowest BCUT2D eigenvalue weighted by Gasteiger charge is -2.18. The summed E-state index contributed by atoms with van der Waals surface area (Å²) in [6, 6.07) is 1.62. The molecule has 2 N–H and O–H groups in total. The number of rotatable bonds is 4. The number of nitrogens with zero attached hydrogens (tertiary/aromatic N) is 2. The van der Waals surface area contributed by atoms with E-state index in [4.69, 9.17) is 9.84 Å². The minimum absolute atomic E-state index is 0.0680. The predicted octanol–water partition coefficient (Wildman–Crippen LogP) is 1.46. The van der Waals surface area contributed by atoms with E-state index in [0.717, 1.165) is 12.8 Å². The molecule has 98 valence electrons. The molecule has 6 nitrogen and oxygen atoms in total. The van der Waals surface area contributed by atoms with Gasteiger partial charge in [-0.2, -0.15) is 4.98 Å². The number of aryl methyl sites for hydroxylation is 1. The number of nitrogens with one attached hydrogen (secondary N) is 1. The Labute approximate surface area is 105 Å². The van der Waals surface area contributed by atoms with Gasteiger partial charge in [-0.05, 0) is 19.8 Å². The molecule has 0 radical (unpaired) electrons. The molecule has 2 atom stereocenters. The van der Waals surface area contributed by atoms with Crippen LogP contribution >= 0.6 is 0 Å². The van der Waals surface area contributed by atoms with Gasteiger partial charge in [0, 0.05) is 12.1 Å². The average molecular weight is 251 g/mol. The Bertz CT molecular complexity index is 450. The number of carboxylic acid groups (broad SMARTS) is 1. The van der Waals surface area contributed by atoms with Crippen LogP contribution in [0.2, 0.25) is 0 Å². The number of carbonyl (C=O) groups is 1. The van der Waals surface area contributed by atoms with Crippen molar-refractivity contribution in [2.75, 3.05) is 12.4 Å². The third-order valence-electron chi connectivity index (χ3n) is 3.19. The van der Waals surface area contributed by atoms with E-state index in [2.05, 4.69) is 15.3 Å². The molecule has 0 spiro atoms. The van der Waals surface area contributed by atoms with Crippen LogP contribution in [-0.4, -0.2) is 34.2 Å². The molecule has 1 aliphatic carbocycles. The second-order valence-corrected chi connectivity index (χ2v) is 4.47. The van der Waals surface area contributed by atoms with Gasteiger partial charge in [0.05, 0.1) is 13.0 Å². The highest BCUT2D eigenvalue weighted by Gasteiger charge is 2.33. The number of methoxy groups -OCH3 is 1. The molecular formula is C12H17N3O3. The van der Waals surface area contributed by atoms with Crippen LogP contribution in [0.25, 0.3) is 0 Å². The minimum Gasteiger partial charge on any atom is -0.481 e. The molecule has 1 aromatic heterocycles. The third kappa shape index (κ3) is 2.69. The van der Waals surface area contributed by atoms with Gasteiger partial charge in [0.25, 0.3) is 0 Å². The largest absolute Gasteiger partial charge is 0.481 e. The third-order valence-corrected chi connectivity index (χ3v) is 3.19. The zero-order chi connectivity index (χ0) is 13.1. The summed E-state index contributed by atoms with van der Waals surface area (Å²) in [5.41, 5.74) is 0. The summed E-state index contributed by atoms with van der Waals surface area (Å²) in [5.74, 6) is 0.614. The highest BCUT2D eigenvalue weighted by molar-refractivity contribution is 5.72. The normalized spacial score (nSPS) is 22.8. The number of aromatic nitrogens is 2. The van der Waals surface area contributed by atoms with Crippen LogP contribution in [0.1, 0.15) is 25.1 Å². The Hall–Kier alpha value is -1.85. The first kappa shape index (κ1) is 12.6. The fourth-order valence-corrected chi connectivity index (χ4v) is 2.34. The van der Waals surface area contributed by atoms with Gasteiger partial charge >= 0.3 is 5.97 Å². The second kappa shape index (κ2) is 5.20. The van der Waals surface area contributed by atoms with Gasteiger partial charge < -0.3 is 15.2 Å². The van der Waals surface area contributed by atoms with Crippen LogP contribution < -0.4 is 10.1 Å². The minimum atomic E-state index is -0.747. The van der Waals surface area contributed by atoms with Gasteiger partial charge in [-0.25, -0.2) is 4.98 Å². The summed E-state index contributed by atoms with van der Waals surface area (Å²) in [6.07, 6.45) is 2.49. The molecule has 2 unspecified atom stereocenters. The van der Waals surface area contributed by atoms with Crippen LogP contribution in [0, 0.1) is 12.8 Å². The van der Waals surface area contributed by atoms with Crippen molar-refractivity contribution in [1.82, 2.24) is 9.97 Å². The molecule has 0 saturated heterocycles. The van der Waals surface area contributed by atoms with Gasteiger partial charge in [0.2, 0.25) is 5.88 Å². The van der Waals surface area contributed by atoms with E-state index in [1.165, 1.54) is 0 Å². The zero-order valence-corrected chi connectivity index (χ0v) is 10.5. The number of hydrogen-bond donors (Lipinski definition) is 2. The molecule has 1 saturated carbocycles. The number of anilines is 1. The Morgan fingerprint density at radius 2 is 2.28 bits per heavy atom. The maximum absolute atomic E-state index is 11.1. The second-order valence-electron chi connectivity index (χ2n) is 4.47. The van der Waals surface area contributed by atoms with Crippen molar-refractivity contribution in [2.45, 2.75) is 32.2 Å². The van der Waals surface area contributed by atoms with Crippen molar-refractivity contribution in [2.24, 2.45) is 5.92 Å². The maximum Gasteiger partial charge on any atom is 0.308 e. The number of aliphatic carboxylic acids is 1. The summed E-state index contributed by atoms with van der Waals surface area (Å²) in [5, 5.41) is 12.3. The first-order chi connectivity index (χ1) is 8.60. The quantitative estimate of drug-likeness (QED) is 0.842. The van der Waals surface area contributed by atoms with E-state index >= 15 is 0 Å². The molecule has 1 aliphatic rings. The fourth-order valence-electron chi connectivity index (χ4n) is 2.34. The Balaban J connectivity index is 2.13.